The first-order valence-electron chi connectivity index (χ1n) is 7.71. The van der Waals surface area contributed by atoms with Crippen molar-refractivity contribution in [2.75, 3.05) is 13.1 Å². The maximum atomic E-state index is 12.2. The normalized spacial score (nSPS) is 23.4. The van der Waals surface area contributed by atoms with Crippen molar-refractivity contribution in [1.29, 1.82) is 0 Å². The first-order valence-corrected chi connectivity index (χ1v) is 7.71. The summed E-state index contributed by atoms with van der Waals surface area (Å²) in [6.45, 7) is 4.63. The molecule has 1 aromatic heterocycles. The lowest BCUT2D eigenvalue weighted by molar-refractivity contribution is 0.203. The summed E-state index contributed by atoms with van der Waals surface area (Å²) in [4.78, 5) is 14.2. The Morgan fingerprint density at radius 2 is 2.00 bits per heavy atom. The van der Waals surface area contributed by atoms with Gasteiger partial charge in [-0.25, -0.2) is 4.79 Å². The molecule has 2 unspecified atom stereocenters. The van der Waals surface area contributed by atoms with Crippen molar-refractivity contribution in [3.05, 3.63) is 35.5 Å². The fraction of sp³-hybridized carbons (Fsp3) is 0.471. The maximum Gasteiger partial charge on any atom is 0.317 e. The van der Waals surface area contributed by atoms with E-state index in [0.29, 0.717) is 6.54 Å². The Hall–Kier alpha value is -1.97. The fourth-order valence-electron chi connectivity index (χ4n) is 3.72. The van der Waals surface area contributed by atoms with Gasteiger partial charge in [0, 0.05) is 36.7 Å². The minimum absolute atomic E-state index is 0.0897. The molecule has 0 spiro atoms. The van der Waals surface area contributed by atoms with Crippen molar-refractivity contribution < 1.29 is 4.79 Å². The third kappa shape index (κ3) is 2.01. The van der Waals surface area contributed by atoms with Crippen LogP contribution in [-0.2, 0) is 13.6 Å². The molecule has 1 aliphatic heterocycles. The second kappa shape index (κ2) is 4.52. The highest BCUT2D eigenvalue weighted by molar-refractivity contribution is 5.85. The molecule has 0 radical (unpaired) electrons. The van der Waals surface area contributed by atoms with Crippen LogP contribution < -0.4 is 5.32 Å². The molecule has 4 heteroatoms. The zero-order chi connectivity index (χ0) is 14.6. The minimum Gasteiger partial charge on any atom is -0.346 e. The number of carbonyl (C=O) groups excluding carboxylic acids is 1. The first-order chi connectivity index (χ1) is 10.1. The molecule has 1 saturated heterocycles. The zero-order valence-electron chi connectivity index (χ0n) is 12.6. The zero-order valence-corrected chi connectivity index (χ0v) is 12.6. The number of urea groups is 1. The van der Waals surface area contributed by atoms with Gasteiger partial charge in [0.1, 0.15) is 0 Å². The summed E-state index contributed by atoms with van der Waals surface area (Å²) in [5.74, 6) is 1.57. The van der Waals surface area contributed by atoms with Crippen molar-refractivity contribution in [3.63, 3.8) is 0 Å². The number of para-hydroxylation sites is 1. The van der Waals surface area contributed by atoms with Crippen molar-refractivity contribution in [1.82, 2.24) is 14.8 Å². The number of benzene rings is 1. The highest BCUT2D eigenvalue weighted by Crippen LogP contribution is 2.44. The van der Waals surface area contributed by atoms with Gasteiger partial charge in [0.2, 0.25) is 0 Å². The van der Waals surface area contributed by atoms with Crippen molar-refractivity contribution in [2.45, 2.75) is 19.9 Å². The molecular formula is C17H21N3O. The number of aryl methyl sites for hydroxylation is 2. The van der Waals surface area contributed by atoms with E-state index in [2.05, 4.69) is 48.1 Å². The number of rotatable bonds is 2. The number of nitrogens with zero attached hydrogens (tertiary/aromatic N) is 2. The molecular weight excluding hydrogens is 262 g/mol. The predicted molar refractivity (Wildman–Crippen MR) is 83.1 cm³/mol. The van der Waals surface area contributed by atoms with Crippen LogP contribution in [0, 0.1) is 18.8 Å². The molecule has 2 heterocycles. The average Bonchev–Trinajstić information content (AvgIpc) is 3.03. The quantitative estimate of drug-likeness (QED) is 0.904. The van der Waals surface area contributed by atoms with Gasteiger partial charge in [-0.05, 0) is 36.8 Å². The topological polar surface area (TPSA) is 37.3 Å². The minimum atomic E-state index is 0.0897. The average molecular weight is 283 g/mol. The first kappa shape index (κ1) is 12.7. The van der Waals surface area contributed by atoms with Crippen LogP contribution in [0.3, 0.4) is 0 Å². The molecule has 110 valence electrons. The molecule has 0 bridgehead atoms. The predicted octanol–water partition coefficient (Wildman–Crippen LogP) is 2.65. The lowest BCUT2D eigenvalue weighted by Gasteiger charge is -2.19. The summed E-state index contributed by atoms with van der Waals surface area (Å²) in [7, 11) is 2.07. The van der Waals surface area contributed by atoms with E-state index in [4.69, 9.17) is 0 Å². The van der Waals surface area contributed by atoms with Gasteiger partial charge >= 0.3 is 6.03 Å². The molecule has 4 rings (SSSR count). The van der Waals surface area contributed by atoms with Gasteiger partial charge in [0.05, 0.1) is 6.54 Å². The number of aromatic nitrogens is 1. The Balaban J connectivity index is 1.50. The Morgan fingerprint density at radius 1 is 1.29 bits per heavy atom. The molecule has 1 aliphatic carbocycles. The van der Waals surface area contributed by atoms with Crippen LogP contribution in [0.15, 0.2) is 24.3 Å². The molecule has 2 atom stereocenters. The number of carbonyl (C=O) groups is 1. The van der Waals surface area contributed by atoms with Crippen molar-refractivity contribution >= 4 is 16.9 Å². The third-order valence-corrected chi connectivity index (χ3v) is 5.18. The summed E-state index contributed by atoms with van der Waals surface area (Å²) < 4.78 is 2.19. The molecule has 2 amide bonds. The van der Waals surface area contributed by atoms with Gasteiger partial charge in [0.15, 0.2) is 0 Å². The standard InChI is InChI=1S/C17H21N3O/c1-11-14-5-3-4-6-15(14)19(2)16(11)8-18-17(21)20-9-12-7-13(12)10-20/h3-6,12-13H,7-10H2,1-2H3,(H,18,21). The highest BCUT2D eigenvalue weighted by Gasteiger charge is 2.46. The molecule has 2 aromatic rings. The Morgan fingerprint density at radius 3 is 2.71 bits per heavy atom. The number of hydrogen-bond acceptors (Lipinski definition) is 1. The van der Waals surface area contributed by atoms with E-state index < -0.39 is 0 Å². The number of amides is 2. The second-order valence-corrected chi connectivity index (χ2v) is 6.47. The van der Waals surface area contributed by atoms with E-state index in [9.17, 15) is 4.79 Å². The molecule has 21 heavy (non-hydrogen) atoms. The van der Waals surface area contributed by atoms with Gasteiger partial charge in [-0.15, -0.1) is 0 Å². The van der Waals surface area contributed by atoms with Crippen LogP contribution in [0.1, 0.15) is 17.7 Å². The number of likely N-dealkylation sites (tertiary alicyclic amines) is 1. The molecule has 2 aliphatic rings. The van der Waals surface area contributed by atoms with Crippen LogP contribution in [0.2, 0.25) is 0 Å². The summed E-state index contributed by atoms with van der Waals surface area (Å²) in [6.07, 6.45) is 1.33. The smallest absolute Gasteiger partial charge is 0.317 e. The Kier molecular flexibility index (Phi) is 2.74. The Bertz CT molecular complexity index is 669. The maximum absolute atomic E-state index is 12.2. The SMILES string of the molecule is Cc1c(CNC(=O)N2CC3CC3C2)n(C)c2ccccc12. The molecule has 2 fully saturated rings. The number of fused-ring (bicyclic) bond motifs is 2. The summed E-state index contributed by atoms with van der Waals surface area (Å²) >= 11 is 0. The summed E-state index contributed by atoms with van der Waals surface area (Å²) in [6, 6.07) is 8.48. The van der Waals surface area contributed by atoms with Gasteiger partial charge in [0.25, 0.3) is 0 Å². The molecule has 1 N–H and O–H groups in total. The van der Waals surface area contributed by atoms with Gasteiger partial charge in [-0.1, -0.05) is 18.2 Å². The van der Waals surface area contributed by atoms with E-state index in [-0.39, 0.29) is 6.03 Å². The number of piperidine rings is 1. The van der Waals surface area contributed by atoms with E-state index >= 15 is 0 Å². The monoisotopic (exact) mass is 283 g/mol. The van der Waals surface area contributed by atoms with E-state index in [1.54, 1.807) is 0 Å². The van der Waals surface area contributed by atoms with Crippen LogP contribution in [0.5, 0.6) is 0 Å². The van der Waals surface area contributed by atoms with Crippen molar-refractivity contribution in [3.8, 4) is 0 Å². The van der Waals surface area contributed by atoms with E-state index in [0.717, 1.165) is 24.9 Å². The van der Waals surface area contributed by atoms with Crippen molar-refractivity contribution in [2.24, 2.45) is 18.9 Å². The highest BCUT2D eigenvalue weighted by atomic mass is 16.2. The van der Waals surface area contributed by atoms with Crippen LogP contribution >= 0.6 is 0 Å². The second-order valence-electron chi connectivity index (χ2n) is 6.47. The number of hydrogen-bond donors (Lipinski definition) is 1. The molecule has 4 nitrogen and oxygen atoms in total. The number of nitrogens with one attached hydrogen (secondary N) is 1. The van der Waals surface area contributed by atoms with Gasteiger partial charge in [-0.2, -0.15) is 0 Å². The third-order valence-electron chi connectivity index (χ3n) is 5.18. The van der Waals surface area contributed by atoms with E-state index in [1.165, 1.54) is 28.6 Å². The lowest BCUT2D eigenvalue weighted by atomic mass is 10.1. The van der Waals surface area contributed by atoms with Crippen LogP contribution in [-0.4, -0.2) is 28.6 Å². The van der Waals surface area contributed by atoms with E-state index in [1.807, 2.05) is 4.90 Å². The summed E-state index contributed by atoms with van der Waals surface area (Å²) in [5, 5.41) is 4.36. The molecule has 1 aromatic carbocycles. The van der Waals surface area contributed by atoms with Gasteiger partial charge < -0.3 is 14.8 Å². The van der Waals surface area contributed by atoms with Gasteiger partial charge in [-0.3, -0.25) is 0 Å². The molecule has 1 saturated carbocycles. The fourth-order valence-corrected chi connectivity index (χ4v) is 3.72. The van der Waals surface area contributed by atoms with Crippen LogP contribution in [0.25, 0.3) is 10.9 Å². The lowest BCUT2D eigenvalue weighted by Crippen LogP contribution is -2.39. The Labute approximate surface area is 124 Å². The van der Waals surface area contributed by atoms with Crippen LogP contribution in [0.4, 0.5) is 4.79 Å². The largest absolute Gasteiger partial charge is 0.346 e. The summed E-state index contributed by atoms with van der Waals surface area (Å²) in [5.41, 5.74) is 3.67.